The number of benzene rings is 1. The fourth-order valence-corrected chi connectivity index (χ4v) is 2.06. The maximum Gasteiger partial charge on any atom is 0.417 e. The van der Waals surface area contributed by atoms with Crippen LogP contribution in [-0.2, 0) is 6.18 Å². The van der Waals surface area contributed by atoms with Gasteiger partial charge in [0.15, 0.2) is 5.78 Å². The van der Waals surface area contributed by atoms with Gasteiger partial charge in [0.2, 0.25) is 0 Å². The van der Waals surface area contributed by atoms with E-state index in [1.807, 2.05) is 0 Å². The van der Waals surface area contributed by atoms with Crippen LogP contribution < -0.4 is 0 Å². The van der Waals surface area contributed by atoms with Crippen LogP contribution in [0.3, 0.4) is 0 Å². The van der Waals surface area contributed by atoms with Crippen LogP contribution >= 0.6 is 11.8 Å². The predicted octanol–water partition coefficient (Wildman–Crippen LogP) is 4.02. The molecule has 0 spiro atoms. The van der Waals surface area contributed by atoms with Crippen molar-refractivity contribution in [2.45, 2.75) is 24.9 Å². The summed E-state index contributed by atoms with van der Waals surface area (Å²) in [6.07, 6.45) is -4.41. The number of carbonyl (C=O) groups excluding carboxylic acids is 1. The van der Waals surface area contributed by atoms with Gasteiger partial charge in [-0.2, -0.15) is 13.2 Å². The van der Waals surface area contributed by atoms with Crippen molar-refractivity contribution in [2.24, 2.45) is 0 Å². The topological polar surface area (TPSA) is 17.1 Å². The second kappa shape index (κ2) is 4.91. The summed E-state index contributed by atoms with van der Waals surface area (Å²) in [5.41, 5.74) is -0.639. The van der Waals surface area contributed by atoms with Gasteiger partial charge in [-0.15, -0.1) is 11.8 Å². The van der Waals surface area contributed by atoms with Crippen LogP contribution in [0.25, 0.3) is 0 Å². The van der Waals surface area contributed by atoms with Crippen molar-refractivity contribution < 1.29 is 18.0 Å². The first-order valence-corrected chi connectivity index (χ1v) is 5.69. The van der Waals surface area contributed by atoms with Crippen LogP contribution in [0.2, 0.25) is 0 Å². The highest BCUT2D eigenvalue weighted by Crippen LogP contribution is 2.37. The van der Waals surface area contributed by atoms with Gasteiger partial charge in [0, 0.05) is 10.5 Å². The van der Waals surface area contributed by atoms with Gasteiger partial charge in [0.25, 0.3) is 0 Å². The highest BCUT2D eigenvalue weighted by Gasteiger charge is 2.33. The highest BCUT2D eigenvalue weighted by atomic mass is 32.2. The number of alkyl halides is 3. The van der Waals surface area contributed by atoms with E-state index in [-0.39, 0.29) is 16.2 Å². The van der Waals surface area contributed by atoms with E-state index in [4.69, 9.17) is 0 Å². The van der Waals surface area contributed by atoms with E-state index >= 15 is 0 Å². The van der Waals surface area contributed by atoms with Gasteiger partial charge in [-0.3, -0.25) is 4.79 Å². The van der Waals surface area contributed by atoms with Crippen molar-refractivity contribution in [1.82, 2.24) is 0 Å². The number of hydrogen-bond acceptors (Lipinski definition) is 2. The third-order valence-corrected chi connectivity index (χ3v) is 2.95. The van der Waals surface area contributed by atoms with Gasteiger partial charge in [0.1, 0.15) is 0 Å². The molecule has 1 rings (SSSR count). The maximum atomic E-state index is 12.7. The second-order valence-corrected chi connectivity index (χ2v) is 4.50. The van der Waals surface area contributed by atoms with Crippen molar-refractivity contribution in [1.29, 1.82) is 0 Å². The molecule has 1 nitrogen and oxygen atoms in total. The summed E-state index contributed by atoms with van der Waals surface area (Å²) in [6.45, 7) is 3.03. The molecule has 0 aliphatic heterocycles. The van der Waals surface area contributed by atoms with Crippen molar-refractivity contribution >= 4 is 17.5 Å². The molecule has 0 bridgehead atoms. The largest absolute Gasteiger partial charge is 0.417 e. The Morgan fingerprint density at radius 2 is 2.00 bits per heavy atom. The summed E-state index contributed by atoms with van der Waals surface area (Å²) < 4.78 is 38.1. The number of Topliss-reactive ketones (excluding diaryl/α,β-unsaturated/α-hetero) is 1. The fourth-order valence-electron chi connectivity index (χ4n) is 1.25. The molecular weight excluding hydrogens is 237 g/mol. The summed E-state index contributed by atoms with van der Waals surface area (Å²) >= 11 is 1.12. The molecule has 0 aromatic heterocycles. The maximum absolute atomic E-state index is 12.7. The van der Waals surface area contributed by atoms with Gasteiger partial charge in [-0.05, 0) is 24.8 Å². The lowest BCUT2D eigenvalue weighted by atomic mass is 10.1. The lowest BCUT2D eigenvalue weighted by molar-refractivity contribution is -0.139. The SMILES string of the molecule is CCSc1ccc(C(C)=O)cc1C(F)(F)F. The number of ketones is 1. The van der Waals surface area contributed by atoms with E-state index in [1.165, 1.54) is 19.1 Å². The van der Waals surface area contributed by atoms with Gasteiger partial charge < -0.3 is 0 Å². The average Bonchev–Trinajstić information content (AvgIpc) is 2.16. The number of hydrogen-bond donors (Lipinski definition) is 0. The minimum atomic E-state index is -4.41. The summed E-state index contributed by atoms with van der Waals surface area (Å²) in [5.74, 6) is 0.196. The standard InChI is InChI=1S/C11H11F3OS/c1-3-16-10-5-4-8(7(2)15)6-9(10)11(12,13)14/h4-6H,3H2,1-2H3. The lowest BCUT2D eigenvalue weighted by Crippen LogP contribution is -2.08. The Balaban J connectivity index is 3.27. The van der Waals surface area contributed by atoms with Crippen LogP contribution in [0.4, 0.5) is 13.2 Å². The Hall–Kier alpha value is -0.970. The third-order valence-electron chi connectivity index (χ3n) is 1.99. The third kappa shape index (κ3) is 3.01. The molecule has 0 saturated heterocycles. The zero-order valence-electron chi connectivity index (χ0n) is 8.89. The van der Waals surface area contributed by atoms with Crippen LogP contribution in [0.1, 0.15) is 29.8 Å². The Kier molecular flexibility index (Phi) is 4.02. The van der Waals surface area contributed by atoms with E-state index < -0.39 is 11.7 Å². The second-order valence-electron chi connectivity index (χ2n) is 3.20. The van der Waals surface area contributed by atoms with Gasteiger partial charge in [0.05, 0.1) is 5.56 Å². The monoisotopic (exact) mass is 248 g/mol. The number of thioether (sulfide) groups is 1. The fraction of sp³-hybridized carbons (Fsp3) is 0.364. The Morgan fingerprint density at radius 1 is 1.38 bits per heavy atom. The molecule has 0 radical (unpaired) electrons. The minimum Gasteiger partial charge on any atom is -0.295 e. The number of halogens is 3. The first-order valence-electron chi connectivity index (χ1n) is 4.71. The van der Waals surface area contributed by atoms with Crippen LogP contribution in [0.5, 0.6) is 0 Å². The number of carbonyl (C=O) groups is 1. The van der Waals surface area contributed by atoms with Gasteiger partial charge in [-0.25, -0.2) is 0 Å². The predicted molar refractivity (Wildman–Crippen MR) is 57.8 cm³/mol. The van der Waals surface area contributed by atoms with E-state index in [9.17, 15) is 18.0 Å². The molecule has 0 atom stereocenters. The van der Waals surface area contributed by atoms with Crippen LogP contribution in [0, 0.1) is 0 Å². The van der Waals surface area contributed by atoms with E-state index in [2.05, 4.69) is 0 Å². The minimum absolute atomic E-state index is 0.0905. The normalized spacial score (nSPS) is 11.6. The Labute approximate surface area is 96.0 Å². The molecule has 5 heteroatoms. The highest BCUT2D eigenvalue weighted by molar-refractivity contribution is 7.99. The van der Waals surface area contributed by atoms with Crippen molar-refractivity contribution in [3.63, 3.8) is 0 Å². The molecule has 0 N–H and O–H groups in total. The van der Waals surface area contributed by atoms with Crippen molar-refractivity contribution in [2.75, 3.05) is 5.75 Å². The first-order chi connectivity index (χ1) is 7.36. The molecular formula is C11H11F3OS. The zero-order chi connectivity index (χ0) is 12.3. The summed E-state index contributed by atoms with van der Waals surface area (Å²) in [5, 5.41) is 0. The first kappa shape index (κ1) is 13.1. The molecule has 1 aromatic carbocycles. The van der Waals surface area contributed by atoms with Crippen molar-refractivity contribution in [3.05, 3.63) is 29.3 Å². The van der Waals surface area contributed by atoms with Crippen LogP contribution in [0.15, 0.2) is 23.1 Å². The molecule has 0 unspecified atom stereocenters. The average molecular weight is 248 g/mol. The molecule has 0 fully saturated rings. The zero-order valence-corrected chi connectivity index (χ0v) is 9.71. The van der Waals surface area contributed by atoms with Crippen molar-refractivity contribution in [3.8, 4) is 0 Å². The van der Waals surface area contributed by atoms with E-state index in [0.29, 0.717) is 5.75 Å². The molecule has 1 aromatic rings. The molecule has 0 aliphatic carbocycles. The summed E-state index contributed by atoms with van der Waals surface area (Å²) in [6, 6.07) is 3.70. The van der Waals surface area contributed by atoms with Gasteiger partial charge in [-0.1, -0.05) is 13.0 Å². The Morgan fingerprint density at radius 3 is 2.44 bits per heavy atom. The Bertz CT molecular complexity index is 399. The lowest BCUT2D eigenvalue weighted by Gasteiger charge is -2.12. The molecule has 0 amide bonds. The molecule has 0 heterocycles. The summed E-state index contributed by atoms with van der Waals surface area (Å²) in [4.78, 5) is 11.2. The quantitative estimate of drug-likeness (QED) is 0.593. The molecule has 88 valence electrons. The smallest absolute Gasteiger partial charge is 0.295 e. The molecule has 0 aliphatic rings. The van der Waals surface area contributed by atoms with E-state index in [0.717, 1.165) is 17.8 Å². The molecule has 0 saturated carbocycles. The summed E-state index contributed by atoms with van der Waals surface area (Å²) in [7, 11) is 0. The molecule has 16 heavy (non-hydrogen) atoms. The van der Waals surface area contributed by atoms with E-state index in [1.54, 1.807) is 6.92 Å². The number of rotatable bonds is 3. The van der Waals surface area contributed by atoms with Crippen LogP contribution in [-0.4, -0.2) is 11.5 Å². The van der Waals surface area contributed by atoms with Gasteiger partial charge >= 0.3 is 6.18 Å².